The fourth-order valence-corrected chi connectivity index (χ4v) is 2.83. The molecule has 3 heteroatoms. The van der Waals surface area contributed by atoms with Crippen LogP contribution in [0.15, 0.2) is 18.2 Å². The zero-order chi connectivity index (χ0) is 11.0. The maximum Gasteiger partial charge on any atom is 0.124 e. The summed E-state index contributed by atoms with van der Waals surface area (Å²) in [5, 5.41) is 3.55. The van der Waals surface area contributed by atoms with Crippen LogP contribution < -0.4 is 10.1 Å². The number of ether oxygens (including phenoxy) is 2. The number of hydrogen-bond donors (Lipinski definition) is 1. The van der Waals surface area contributed by atoms with Crippen molar-refractivity contribution >= 4 is 0 Å². The smallest absolute Gasteiger partial charge is 0.124 e. The van der Waals surface area contributed by atoms with E-state index in [9.17, 15) is 0 Å². The van der Waals surface area contributed by atoms with Crippen LogP contribution in [0.1, 0.15) is 23.6 Å². The molecule has 1 aromatic rings. The van der Waals surface area contributed by atoms with E-state index in [4.69, 9.17) is 9.47 Å². The Kier molecular flexibility index (Phi) is 2.58. The molecule has 1 N–H and O–H groups in total. The molecular formula is C13H17NO2. The summed E-state index contributed by atoms with van der Waals surface area (Å²) in [6.45, 7) is 1.75. The Balaban J connectivity index is 2.05. The number of methoxy groups -OCH3 is 1. The lowest BCUT2D eigenvalue weighted by Gasteiger charge is -2.38. The van der Waals surface area contributed by atoms with Gasteiger partial charge in [-0.2, -0.15) is 0 Å². The molecule has 1 aliphatic heterocycles. The molecule has 1 aliphatic carbocycles. The van der Waals surface area contributed by atoms with Crippen LogP contribution in [-0.2, 0) is 11.2 Å². The summed E-state index contributed by atoms with van der Waals surface area (Å²) in [5.41, 5.74) is 2.71. The first-order valence-corrected chi connectivity index (χ1v) is 5.91. The van der Waals surface area contributed by atoms with Gasteiger partial charge in [-0.1, -0.05) is 12.1 Å². The normalized spacial score (nSPS) is 28.1. The highest BCUT2D eigenvalue weighted by molar-refractivity contribution is 5.45. The Morgan fingerprint density at radius 2 is 2.38 bits per heavy atom. The fraction of sp³-hybridized carbons (Fsp3) is 0.538. The van der Waals surface area contributed by atoms with Crippen molar-refractivity contribution in [2.24, 2.45) is 0 Å². The molecule has 0 amide bonds. The number of fused-ring (bicyclic) bond motifs is 3. The number of rotatable bonds is 1. The molecule has 2 atom stereocenters. The molecule has 2 unspecified atom stereocenters. The van der Waals surface area contributed by atoms with E-state index in [0.29, 0.717) is 12.1 Å². The minimum absolute atomic E-state index is 0.314. The van der Waals surface area contributed by atoms with Crippen LogP contribution in [0.2, 0.25) is 0 Å². The third-order valence-corrected chi connectivity index (χ3v) is 3.56. The van der Waals surface area contributed by atoms with Gasteiger partial charge in [0.15, 0.2) is 0 Å². The summed E-state index contributed by atoms with van der Waals surface area (Å²) in [4.78, 5) is 0. The van der Waals surface area contributed by atoms with Gasteiger partial charge in [0.1, 0.15) is 5.75 Å². The Hall–Kier alpha value is -1.06. The van der Waals surface area contributed by atoms with Gasteiger partial charge in [-0.05, 0) is 24.5 Å². The predicted molar refractivity (Wildman–Crippen MR) is 61.8 cm³/mol. The van der Waals surface area contributed by atoms with Gasteiger partial charge in [0.25, 0.3) is 0 Å². The van der Waals surface area contributed by atoms with Crippen LogP contribution in [0.25, 0.3) is 0 Å². The van der Waals surface area contributed by atoms with Gasteiger partial charge < -0.3 is 14.8 Å². The molecule has 1 fully saturated rings. The third kappa shape index (κ3) is 1.51. The number of aryl methyl sites for hydroxylation is 1. The van der Waals surface area contributed by atoms with Gasteiger partial charge in [-0.15, -0.1) is 0 Å². The molecular weight excluding hydrogens is 202 g/mol. The summed E-state index contributed by atoms with van der Waals surface area (Å²) in [6, 6.07) is 6.62. The van der Waals surface area contributed by atoms with Gasteiger partial charge in [-0.25, -0.2) is 0 Å². The van der Waals surface area contributed by atoms with Gasteiger partial charge in [0.05, 0.1) is 25.9 Å². The van der Waals surface area contributed by atoms with E-state index in [2.05, 4.69) is 17.4 Å². The second-order valence-electron chi connectivity index (χ2n) is 4.41. The van der Waals surface area contributed by atoms with E-state index >= 15 is 0 Å². The molecule has 16 heavy (non-hydrogen) atoms. The van der Waals surface area contributed by atoms with E-state index in [1.807, 2.05) is 6.07 Å². The van der Waals surface area contributed by atoms with Crippen LogP contribution in [0.3, 0.4) is 0 Å². The quantitative estimate of drug-likeness (QED) is 0.779. The molecule has 2 aliphatic rings. The van der Waals surface area contributed by atoms with Gasteiger partial charge in [0.2, 0.25) is 0 Å². The minimum Gasteiger partial charge on any atom is -0.496 e. The lowest BCUT2D eigenvalue weighted by Crippen LogP contribution is -2.44. The van der Waals surface area contributed by atoms with Crippen molar-refractivity contribution in [1.29, 1.82) is 0 Å². The van der Waals surface area contributed by atoms with Crippen LogP contribution in [-0.4, -0.2) is 26.4 Å². The largest absolute Gasteiger partial charge is 0.496 e. The molecule has 0 spiro atoms. The van der Waals surface area contributed by atoms with E-state index < -0.39 is 0 Å². The first-order chi connectivity index (χ1) is 7.90. The number of benzene rings is 1. The molecule has 1 saturated heterocycles. The van der Waals surface area contributed by atoms with E-state index in [0.717, 1.165) is 31.7 Å². The standard InChI is InChI=1S/C13H17NO2/c1-15-10-4-2-3-9-5-6-11-13(12(9)10)14-7-8-16-11/h2-4,11,13-14H,5-8H2,1H3. The van der Waals surface area contributed by atoms with Gasteiger partial charge in [-0.3, -0.25) is 0 Å². The summed E-state index contributed by atoms with van der Waals surface area (Å²) in [6.07, 6.45) is 2.52. The Labute approximate surface area is 95.8 Å². The van der Waals surface area contributed by atoms with Crippen molar-refractivity contribution in [3.05, 3.63) is 29.3 Å². The molecule has 0 bridgehead atoms. The highest BCUT2D eigenvalue weighted by atomic mass is 16.5. The van der Waals surface area contributed by atoms with Crippen molar-refractivity contribution in [1.82, 2.24) is 5.32 Å². The van der Waals surface area contributed by atoms with Gasteiger partial charge >= 0.3 is 0 Å². The lowest BCUT2D eigenvalue weighted by molar-refractivity contribution is -0.0145. The maximum atomic E-state index is 5.82. The fourth-order valence-electron chi connectivity index (χ4n) is 2.83. The molecule has 0 saturated carbocycles. The van der Waals surface area contributed by atoms with E-state index in [1.54, 1.807) is 7.11 Å². The number of morpholine rings is 1. The molecule has 3 nitrogen and oxygen atoms in total. The van der Waals surface area contributed by atoms with Crippen molar-refractivity contribution in [2.75, 3.05) is 20.3 Å². The molecule has 86 valence electrons. The highest BCUT2D eigenvalue weighted by Crippen LogP contribution is 2.38. The monoisotopic (exact) mass is 219 g/mol. The topological polar surface area (TPSA) is 30.5 Å². The van der Waals surface area contributed by atoms with Crippen LogP contribution >= 0.6 is 0 Å². The lowest BCUT2D eigenvalue weighted by atomic mass is 9.84. The summed E-state index contributed by atoms with van der Waals surface area (Å²) < 4.78 is 11.3. The number of hydrogen-bond acceptors (Lipinski definition) is 3. The van der Waals surface area contributed by atoms with Crippen LogP contribution in [0.5, 0.6) is 5.75 Å². The third-order valence-electron chi connectivity index (χ3n) is 3.56. The zero-order valence-electron chi connectivity index (χ0n) is 9.53. The molecule has 0 aromatic heterocycles. The molecule has 3 rings (SSSR count). The summed E-state index contributed by atoms with van der Waals surface area (Å²) in [5.74, 6) is 0.991. The van der Waals surface area contributed by atoms with E-state index in [1.165, 1.54) is 11.1 Å². The van der Waals surface area contributed by atoms with Crippen molar-refractivity contribution < 1.29 is 9.47 Å². The summed E-state index contributed by atoms with van der Waals surface area (Å²) in [7, 11) is 1.74. The average molecular weight is 219 g/mol. The molecule has 1 heterocycles. The molecule has 1 aromatic carbocycles. The molecule has 0 radical (unpaired) electrons. The second-order valence-corrected chi connectivity index (χ2v) is 4.41. The van der Waals surface area contributed by atoms with Crippen LogP contribution in [0, 0.1) is 0 Å². The Morgan fingerprint density at radius 1 is 1.44 bits per heavy atom. The minimum atomic E-state index is 0.314. The SMILES string of the molecule is COc1cccc2c1C1NCCOC1CC2. The average Bonchev–Trinajstić information content (AvgIpc) is 2.37. The van der Waals surface area contributed by atoms with E-state index in [-0.39, 0.29) is 0 Å². The Morgan fingerprint density at radius 3 is 3.25 bits per heavy atom. The maximum absolute atomic E-state index is 5.82. The van der Waals surface area contributed by atoms with Crippen molar-refractivity contribution in [3.63, 3.8) is 0 Å². The Bertz CT molecular complexity index is 377. The second kappa shape index (κ2) is 4.07. The zero-order valence-corrected chi connectivity index (χ0v) is 9.53. The predicted octanol–water partition coefficient (Wildman–Crippen LogP) is 1.67. The first kappa shape index (κ1) is 10.1. The van der Waals surface area contributed by atoms with Crippen molar-refractivity contribution in [2.45, 2.75) is 25.0 Å². The van der Waals surface area contributed by atoms with Gasteiger partial charge in [0, 0.05) is 12.1 Å². The van der Waals surface area contributed by atoms with Crippen LogP contribution in [0.4, 0.5) is 0 Å². The van der Waals surface area contributed by atoms with Crippen molar-refractivity contribution in [3.8, 4) is 5.75 Å². The first-order valence-electron chi connectivity index (χ1n) is 5.91. The summed E-state index contributed by atoms with van der Waals surface area (Å²) >= 11 is 0. The number of nitrogens with one attached hydrogen (secondary N) is 1. The highest BCUT2D eigenvalue weighted by Gasteiger charge is 2.34.